The summed E-state index contributed by atoms with van der Waals surface area (Å²) in [5.41, 5.74) is 7.58. The first-order valence-corrected chi connectivity index (χ1v) is 5.45. The normalized spacial score (nSPS) is 12.9. The van der Waals surface area contributed by atoms with Gasteiger partial charge >= 0.3 is 0 Å². The minimum absolute atomic E-state index is 0.368. The van der Waals surface area contributed by atoms with Gasteiger partial charge in [-0.1, -0.05) is 6.92 Å². The number of hydrogen-bond donors (Lipinski definition) is 2. The number of nitrogens with two attached hydrogens (primary N) is 1. The largest absolute Gasteiger partial charge is 0.341 e. The molecule has 0 aromatic carbocycles. The van der Waals surface area contributed by atoms with E-state index in [1.165, 1.54) is 0 Å². The monoisotopic (exact) mass is 219 g/mol. The minimum atomic E-state index is 0.368. The highest BCUT2D eigenvalue weighted by Gasteiger charge is 2.11. The van der Waals surface area contributed by atoms with E-state index in [4.69, 9.17) is 5.73 Å². The molecule has 2 rings (SSSR count). The van der Waals surface area contributed by atoms with E-state index in [1.54, 1.807) is 6.20 Å². The van der Waals surface area contributed by atoms with Crippen LogP contribution >= 0.6 is 0 Å². The maximum absolute atomic E-state index is 5.54. The van der Waals surface area contributed by atoms with E-state index in [9.17, 15) is 0 Å². The Labute approximate surface area is 94.7 Å². The summed E-state index contributed by atoms with van der Waals surface area (Å²) in [6.07, 6.45) is 4.57. The Hall–Kier alpha value is -1.62. The van der Waals surface area contributed by atoms with Crippen LogP contribution in [-0.4, -0.2) is 26.3 Å². The average molecular weight is 219 g/mol. The molecule has 1 atom stereocenters. The van der Waals surface area contributed by atoms with Gasteiger partial charge in [-0.2, -0.15) is 5.10 Å². The summed E-state index contributed by atoms with van der Waals surface area (Å²) >= 11 is 0. The van der Waals surface area contributed by atoms with E-state index in [2.05, 4.69) is 22.0 Å². The van der Waals surface area contributed by atoms with E-state index < -0.39 is 0 Å². The number of nitrogens with one attached hydrogen (secondary N) is 1. The third-order valence-corrected chi connectivity index (χ3v) is 2.76. The number of hydrogen-bond acceptors (Lipinski definition) is 3. The molecule has 0 aliphatic rings. The lowest BCUT2D eigenvalue weighted by molar-refractivity contribution is 0.655. The zero-order valence-electron chi connectivity index (χ0n) is 9.64. The number of rotatable bonds is 4. The second-order valence-electron chi connectivity index (χ2n) is 4.00. The van der Waals surface area contributed by atoms with E-state index in [-0.39, 0.29) is 0 Å². The summed E-state index contributed by atoms with van der Waals surface area (Å²) in [5.74, 6) is 1.36. The highest BCUT2D eigenvalue weighted by atomic mass is 15.3. The lowest BCUT2D eigenvalue weighted by Crippen LogP contribution is -2.05. The van der Waals surface area contributed by atoms with Crippen molar-refractivity contribution in [2.24, 2.45) is 12.8 Å². The maximum Gasteiger partial charge on any atom is 0.109 e. The van der Waals surface area contributed by atoms with Gasteiger partial charge in [0.1, 0.15) is 5.82 Å². The zero-order chi connectivity index (χ0) is 11.5. The molecule has 0 spiro atoms. The van der Waals surface area contributed by atoms with Gasteiger partial charge in [-0.15, -0.1) is 0 Å². The number of H-pyrrole nitrogens is 1. The van der Waals surface area contributed by atoms with Gasteiger partial charge in [0.25, 0.3) is 0 Å². The molecular weight excluding hydrogens is 202 g/mol. The number of aromatic nitrogens is 4. The van der Waals surface area contributed by atoms with Gasteiger partial charge in [-0.25, -0.2) is 4.98 Å². The van der Waals surface area contributed by atoms with Crippen molar-refractivity contribution in [3.05, 3.63) is 24.3 Å². The predicted octanol–water partition coefficient (Wildman–Crippen LogP) is 1.26. The first kappa shape index (κ1) is 10.9. The molecule has 0 amide bonds. The van der Waals surface area contributed by atoms with Crippen molar-refractivity contribution in [3.8, 4) is 11.4 Å². The Morgan fingerprint density at radius 3 is 3.00 bits per heavy atom. The van der Waals surface area contributed by atoms with E-state index in [1.807, 2.05) is 24.0 Å². The van der Waals surface area contributed by atoms with Crippen LogP contribution in [0.25, 0.3) is 11.4 Å². The van der Waals surface area contributed by atoms with Gasteiger partial charge in [0.15, 0.2) is 0 Å². The third kappa shape index (κ3) is 1.99. The maximum atomic E-state index is 5.54. The molecule has 2 aromatic rings. The summed E-state index contributed by atoms with van der Waals surface area (Å²) in [6.45, 7) is 2.81. The summed E-state index contributed by atoms with van der Waals surface area (Å²) in [4.78, 5) is 7.69. The summed E-state index contributed by atoms with van der Waals surface area (Å²) in [7, 11) is 1.92. The van der Waals surface area contributed by atoms with Crippen LogP contribution in [0.5, 0.6) is 0 Å². The van der Waals surface area contributed by atoms with Crippen LogP contribution in [0.4, 0.5) is 0 Å². The summed E-state index contributed by atoms with van der Waals surface area (Å²) in [6, 6.07) is 1.96. The quantitative estimate of drug-likeness (QED) is 0.813. The van der Waals surface area contributed by atoms with Crippen LogP contribution in [0.15, 0.2) is 18.5 Å². The first-order chi connectivity index (χ1) is 7.72. The summed E-state index contributed by atoms with van der Waals surface area (Å²) in [5, 5.41) is 4.13. The number of nitrogens with zero attached hydrogens (tertiary/aromatic N) is 3. The van der Waals surface area contributed by atoms with E-state index in [0.29, 0.717) is 12.5 Å². The second-order valence-corrected chi connectivity index (χ2v) is 4.00. The molecule has 2 heterocycles. The van der Waals surface area contributed by atoms with Crippen molar-refractivity contribution in [3.63, 3.8) is 0 Å². The molecule has 1 unspecified atom stereocenters. The van der Waals surface area contributed by atoms with Crippen molar-refractivity contribution in [1.82, 2.24) is 19.7 Å². The van der Waals surface area contributed by atoms with Gasteiger partial charge in [-0.3, -0.25) is 4.68 Å². The van der Waals surface area contributed by atoms with Crippen LogP contribution in [0.1, 0.15) is 25.1 Å². The molecule has 0 saturated heterocycles. The molecule has 0 radical (unpaired) electrons. The van der Waals surface area contributed by atoms with Crippen LogP contribution < -0.4 is 5.73 Å². The van der Waals surface area contributed by atoms with Crippen LogP contribution in [0.3, 0.4) is 0 Å². The molecule has 3 N–H and O–H groups in total. The van der Waals surface area contributed by atoms with Crippen LogP contribution in [0, 0.1) is 0 Å². The minimum Gasteiger partial charge on any atom is -0.341 e. The zero-order valence-corrected chi connectivity index (χ0v) is 9.64. The van der Waals surface area contributed by atoms with Crippen LogP contribution in [-0.2, 0) is 7.05 Å². The van der Waals surface area contributed by atoms with Crippen molar-refractivity contribution in [1.29, 1.82) is 0 Å². The predicted molar refractivity (Wildman–Crippen MR) is 62.9 cm³/mol. The molecule has 0 bridgehead atoms. The molecule has 2 aromatic heterocycles. The van der Waals surface area contributed by atoms with Gasteiger partial charge < -0.3 is 10.7 Å². The van der Waals surface area contributed by atoms with Gasteiger partial charge in [-0.05, 0) is 19.0 Å². The second kappa shape index (κ2) is 4.49. The summed E-state index contributed by atoms with van der Waals surface area (Å²) < 4.78 is 1.82. The van der Waals surface area contributed by atoms with Crippen molar-refractivity contribution in [2.45, 2.75) is 19.3 Å². The molecule has 0 aliphatic heterocycles. The Bertz CT molecular complexity index is 456. The standard InChI is InChI=1S/C11H17N5/c1-8(3-5-12)11-13-7-9(15-11)10-4-6-14-16(10)2/h4,6-8H,3,5,12H2,1-2H3,(H,13,15). The third-order valence-electron chi connectivity index (χ3n) is 2.76. The van der Waals surface area contributed by atoms with Crippen LogP contribution in [0.2, 0.25) is 0 Å². The molecule has 86 valence electrons. The molecule has 5 heteroatoms. The van der Waals surface area contributed by atoms with Crippen molar-refractivity contribution >= 4 is 0 Å². The number of imidazole rings is 1. The van der Waals surface area contributed by atoms with E-state index >= 15 is 0 Å². The Kier molecular flexibility index (Phi) is 3.05. The number of aryl methyl sites for hydroxylation is 1. The molecule has 5 nitrogen and oxygen atoms in total. The molecule has 0 aliphatic carbocycles. The molecular formula is C11H17N5. The fourth-order valence-electron chi connectivity index (χ4n) is 1.74. The van der Waals surface area contributed by atoms with Crippen molar-refractivity contribution in [2.75, 3.05) is 6.54 Å². The van der Waals surface area contributed by atoms with Gasteiger partial charge in [0.2, 0.25) is 0 Å². The Morgan fingerprint density at radius 2 is 2.38 bits per heavy atom. The average Bonchev–Trinajstić information content (AvgIpc) is 2.86. The molecule has 0 fully saturated rings. The Balaban J connectivity index is 2.23. The fraction of sp³-hybridized carbons (Fsp3) is 0.455. The Morgan fingerprint density at radius 1 is 1.56 bits per heavy atom. The SMILES string of the molecule is CC(CCN)c1ncc(-c2ccnn2C)[nH]1. The van der Waals surface area contributed by atoms with Gasteiger partial charge in [0, 0.05) is 19.2 Å². The van der Waals surface area contributed by atoms with Crippen molar-refractivity contribution < 1.29 is 0 Å². The first-order valence-electron chi connectivity index (χ1n) is 5.45. The highest BCUT2D eigenvalue weighted by Crippen LogP contribution is 2.20. The fourth-order valence-corrected chi connectivity index (χ4v) is 1.74. The van der Waals surface area contributed by atoms with Gasteiger partial charge in [0.05, 0.1) is 17.6 Å². The number of aromatic amines is 1. The lowest BCUT2D eigenvalue weighted by atomic mass is 10.1. The highest BCUT2D eigenvalue weighted by molar-refractivity contribution is 5.53. The molecule has 16 heavy (non-hydrogen) atoms. The molecule has 0 saturated carbocycles. The lowest BCUT2D eigenvalue weighted by Gasteiger charge is -2.05. The smallest absolute Gasteiger partial charge is 0.109 e. The van der Waals surface area contributed by atoms with E-state index in [0.717, 1.165) is 23.6 Å². The topological polar surface area (TPSA) is 72.5 Å².